The summed E-state index contributed by atoms with van der Waals surface area (Å²) in [5, 5.41) is 3.45. The molecule has 39 heavy (non-hydrogen) atoms. The number of methoxy groups -OCH3 is 1. The van der Waals surface area contributed by atoms with Crippen molar-refractivity contribution in [1.82, 2.24) is 14.7 Å². The maximum Gasteiger partial charge on any atom is 0.321 e. The molecular weight excluding hydrogens is 519 g/mol. The summed E-state index contributed by atoms with van der Waals surface area (Å²) in [6.45, 7) is 4.06. The van der Waals surface area contributed by atoms with Gasteiger partial charge < -0.3 is 19.9 Å². The Balaban J connectivity index is 1.34. The average molecular weight is 551 g/mol. The number of nitrogens with one attached hydrogen (secondary N) is 1. The maximum absolute atomic E-state index is 13.4. The summed E-state index contributed by atoms with van der Waals surface area (Å²) in [6.07, 6.45) is 3.86. The van der Waals surface area contributed by atoms with E-state index in [1.807, 2.05) is 36.4 Å². The van der Waals surface area contributed by atoms with Gasteiger partial charge in [-0.05, 0) is 48.5 Å². The van der Waals surface area contributed by atoms with E-state index in [0.717, 1.165) is 11.3 Å². The van der Waals surface area contributed by atoms with Gasteiger partial charge in [0.1, 0.15) is 11.6 Å². The largest absolute Gasteiger partial charge is 0.496 e. The second-order valence-corrected chi connectivity index (χ2v) is 9.61. The van der Waals surface area contributed by atoms with E-state index in [0.29, 0.717) is 62.1 Å². The number of ether oxygens (including phenoxy) is 1. The van der Waals surface area contributed by atoms with E-state index in [1.54, 1.807) is 41.2 Å². The number of nitrogens with zero attached hydrogens (tertiary/aromatic N) is 3. The van der Waals surface area contributed by atoms with E-state index in [2.05, 4.69) is 10.2 Å². The van der Waals surface area contributed by atoms with Crippen molar-refractivity contribution in [2.75, 3.05) is 58.2 Å². The molecule has 0 aliphatic carbocycles. The summed E-state index contributed by atoms with van der Waals surface area (Å²) in [5.74, 6) is 0.202. The zero-order valence-corrected chi connectivity index (χ0v) is 22.6. The molecule has 1 aliphatic heterocycles. The minimum Gasteiger partial charge on any atom is -0.496 e. The molecule has 0 aromatic heterocycles. The molecule has 9 heteroatoms. The summed E-state index contributed by atoms with van der Waals surface area (Å²) in [5.41, 5.74) is 2.01. The van der Waals surface area contributed by atoms with Crippen LogP contribution in [0.15, 0.2) is 78.9 Å². The lowest BCUT2D eigenvalue weighted by Crippen LogP contribution is -2.51. The second-order valence-electron chi connectivity index (χ2n) is 9.17. The van der Waals surface area contributed by atoms with Crippen LogP contribution in [0.3, 0.4) is 0 Å². The Bertz CT molecular complexity index is 1290. The zero-order valence-electron chi connectivity index (χ0n) is 21.9. The first-order valence-electron chi connectivity index (χ1n) is 12.8. The van der Waals surface area contributed by atoms with Crippen LogP contribution in [0.25, 0.3) is 6.08 Å². The monoisotopic (exact) mass is 550 g/mol. The second kappa shape index (κ2) is 13.8. The van der Waals surface area contributed by atoms with Crippen molar-refractivity contribution in [2.45, 2.75) is 0 Å². The van der Waals surface area contributed by atoms with Crippen LogP contribution in [0.5, 0.6) is 5.75 Å². The highest BCUT2D eigenvalue weighted by molar-refractivity contribution is 6.30. The third-order valence-corrected chi connectivity index (χ3v) is 6.80. The predicted octanol–water partition coefficient (Wildman–Crippen LogP) is 5.49. The van der Waals surface area contributed by atoms with Gasteiger partial charge in [-0.2, -0.15) is 0 Å². The Hall–Kier alpha value is -3.88. The van der Waals surface area contributed by atoms with Gasteiger partial charge in [-0.25, -0.2) is 9.18 Å². The molecule has 0 radical (unpaired) electrons. The Morgan fingerprint density at radius 2 is 1.77 bits per heavy atom. The number of benzene rings is 3. The van der Waals surface area contributed by atoms with Crippen LogP contribution in [0.4, 0.5) is 14.9 Å². The topological polar surface area (TPSA) is 65.1 Å². The van der Waals surface area contributed by atoms with Crippen LogP contribution < -0.4 is 10.1 Å². The number of hydrogen-bond acceptors (Lipinski definition) is 4. The molecule has 1 aliphatic rings. The summed E-state index contributed by atoms with van der Waals surface area (Å²) in [6, 6.07) is 20.2. The molecule has 3 aromatic rings. The van der Waals surface area contributed by atoms with E-state index < -0.39 is 0 Å². The van der Waals surface area contributed by atoms with Gasteiger partial charge in [0.25, 0.3) is 5.91 Å². The number of urea groups is 1. The number of carbonyl (C=O) groups excluding carboxylic acids is 2. The summed E-state index contributed by atoms with van der Waals surface area (Å²) in [4.78, 5) is 31.7. The highest BCUT2D eigenvalue weighted by atomic mass is 35.5. The molecule has 3 amide bonds. The van der Waals surface area contributed by atoms with Crippen LogP contribution in [0, 0.1) is 5.82 Å². The molecule has 1 saturated heterocycles. The van der Waals surface area contributed by atoms with Crippen LogP contribution in [0.1, 0.15) is 15.9 Å². The van der Waals surface area contributed by atoms with Crippen LogP contribution in [-0.2, 0) is 0 Å². The fourth-order valence-electron chi connectivity index (χ4n) is 4.37. The van der Waals surface area contributed by atoms with Crippen molar-refractivity contribution in [3.63, 3.8) is 0 Å². The number of piperazine rings is 1. The van der Waals surface area contributed by atoms with E-state index >= 15 is 0 Å². The first-order valence-corrected chi connectivity index (χ1v) is 13.2. The lowest BCUT2D eigenvalue weighted by Gasteiger charge is -2.35. The van der Waals surface area contributed by atoms with Gasteiger partial charge >= 0.3 is 6.03 Å². The van der Waals surface area contributed by atoms with Gasteiger partial charge in [-0.1, -0.05) is 48.0 Å². The van der Waals surface area contributed by atoms with Gasteiger partial charge in [-0.15, -0.1) is 0 Å². The van der Waals surface area contributed by atoms with Crippen LogP contribution in [0.2, 0.25) is 5.02 Å². The van der Waals surface area contributed by atoms with Crippen molar-refractivity contribution >= 4 is 35.3 Å². The number of para-hydroxylation sites is 1. The molecule has 3 aromatic carbocycles. The Labute approximate surface area is 233 Å². The average Bonchev–Trinajstić information content (AvgIpc) is 2.95. The van der Waals surface area contributed by atoms with Crippen molar-refractivity contribution in [3.8, 4) is 5.75 Å². The third-order valence-electron chi connectivity index (χ3n) is 6.56. The molecule has 0 atom stereocenters. The SMILES string of the molecule is COc1ccccc1C=CCN(CCN1CCN(C(=O)Nc2cccc(Cl)c2)CC1)C(=O)c1ccc(F)cc1. The van der Waals surface area contributed by atoms with Gasteiger partial charge in [-0.3, -0.25) is 9.69 Å². The van der Waals surface area contributed by atoms with Crippen molar-refractivity contribution in [3.05, 3.63) is 101 Å². The van der Waals surface area contributed by atoms with Gasteiger partial charge in [0.2, 0.25) is 0 Å². The molecular formula is C30H32ClFN4O3. The molecule has 1 N–H and O–H groups in total. The van der Waals surface area contributed by atoms with Gasteiger partial charge in [0.05, 0.1) is 7.11 Å². The van der Waals surface area contributed by atoms with Crippen molar-refractivity contribution in [2.24, 2.45) is 0 Å². The Morgan fingerprint density at radius 3 is 2.49 bits per heavy atom. The van der Waals surface area contributed by atoms with Gasteiger partial charge in [0.15, 0.2) is 0 Å². The fraction of sp³-hybridized carbons (Fsp3) is 0.267. The normalized spacial score (nSPS) is 13.9. The minimum atomic E-state index is -0.383. The molecule has 1 heterocycles. The highest BCUT2D eigenvalue weighted by Gasteiger charge is 2.22. The maximum atomic E-state index is 13.4. The number of halogens is 2. The number of anilines is 1. The molecule has 4 rings (SSSR count). The summed E-state index contributed by atoms with van der Waals surface area (Å²) >= 11 is 6.01. The molecule has 7 nitrogen and oxygen atoms in total. The van der Waals surface area contributed by atoms with Crippen LogP contribution in [-0.4, -0.2) is 79.6 Å². The van der Waals surface area contributed by atoms with E-state index in [1.165, 1.54) is 24.3 Å². The highest BCUT2D eigenvalue weighted by Crippen LogP contribution is 2.19. The Morgan fingerprint density at radius 1 is 1.03 bits per heavy atom. The van der Waals surface area contributed by atoms with Gasteiger partial charge in [0, 0.05) is 67.7 Å². The number of amides is 3. The number of hydrogen-bond donors (Lipinski definition) is 1. The van der Waals surface area contributed by atoms with Crippen molar-refractivity contribution in [1.29, 1.82) is 0 Å². The molecule has 0 bridgehead atoms. The Kier molecular flexibility index (Phi) is 9.94. The quantitative estimate of drug-likeness (QED) is 0.382. The summed E-state index contributed by atoms with van der Waals surface area (Å²) < 4.78 is 18.8. The molecule has 204 valence electrons. The molecule has 0 spiro atoms. The third kappa shape index (κ3) is 8.05. The van der Waals surface area contributed by atoms with E-state index in [9.17, 15) is 14.0 Å². The zero-order chi connectivity index (χ0) is 27.6. The smallest absolute Gasteiger partial charge is 0.321 e. The number of rotatable bonds is 9. The predicted molar refractivity (Wildman–Crippen MR) is 153 cm³/mol. The lowest BCUT2D eigenvalue weighted by molar-refractivity contribution is 0.0739. The molecule has 0 saturated carbocycles. The molecule has 1 fully saturated rings. The first kappa shape index (κ1) is 28.1. The first-order chi connectivity index (χ1) is 18.9. The minimum absolute atomic E-state index is 0.161. The van der Waals surface area contributed by atoms with E-state index in [-0.39, 0.29) is 17.8 Å². The van der Waals surface area contributed by atoms with Crippen LogP contribution >= 0.6 is 11.6 Å². The lowest BCUT2D eigenvalue weighted by atomic mass is 10.1. The standard InChI is InChI=1S/C30H32ClFN4O3/c1-39-28-10-3-2-6-23(28)7-5-15-35(29(37)24-11-13-26(32)14-12-24)19-16-34-17-20-36(21-18-34)30(38)33-27-9-4-8-25(31)22-27/h2-14,22H,15-21H2,1H3,(H,33,38). The van der Waals surface area contributed by atoms with Crippen molar-refractivity contribution < 1.29 is 18.7 Å². The van der Waals surface area contributed by atoms with E-state index in [4.69, 9.17) is 16.3 Å². The number of carbonyl (C=O) groups is 2. The fourth-order valence-corrected chi connectivity index (χ4v) is 4.56. The summed E-state index contributed by atoms with van der Waals surface area (Å²) in [7, 11) is 1.62. The molecule has 0 unspecified atom stereocenters.